The van der Waals surface area contributed by atoms with Crippen LogP contribution in [0, 0.1) is 6.92 Å². The highest BCUT2D eigenvalue weighted by molar-refractivity contribution is 6.00. The SMILES string of the molecule is CCC(NC(=O)c1cc2ccccc2nc1C)C(=O)O. The molecule has 0 aliphatic heterocycles. The first-order valence-electron chi connectivity index (χ1n) is 6.43. The standard InChI is InChI=1S/C15H16N2O3/c1-3-12(15(19)20)17-14(18)11-8-10-6-4-5-7-13(10)16-9(11)2/h4-8,12H,3H2,1-2H3,(H,17,18)(H,19,20). The average Bonchev–Trinajstić information content (AvgIpc) is 2.43. The quantitative estimate of drug-likeness (QED) is 0.893. The van der Waals surface area contributed by atoms with Crippen LogP contribution in [0.15, 0.2) is 30.3 Å². The second kappa shape index (κ2) is 5.69. The minimum Gasteiger partial charge on any atom is -0.480 e. The van der Waals surface area contributed by atoms with Crippen LogP contribution in [0.3, 0.4) is 0 Å². The molecule has 2 N–H and O–H groups in total. The van der Waals surface area contributed by atoms with Gasteiger partial charge in [0.2, 0.25) is 0 Å². The van der Waals surface area contributed by atoms with E-state index in [1.165, 1.54) is 0 Å². The Bertz CT molecular complexity index is 667. The van der Waals surface area contributed by atoms with Crippen LogP contribution >= 0.6 is 0 Å². The van der Waals surface area contributed by atoms with Crippen molar-refractivity contribution in [2.75, 3.05) is 0 Å². The lowest BCUT2D eigenvalue weighted by molar-refractivity contribution is -0.139. The maximum atomic E-state index is 12.2. The fourth-order valence-corrected chi connectivity index (χ4v) is 2.02. The van der Waals surface area contributed by atoms with E-state index >= 15 is 0 Å². The summed E-state index contributed by atoms with van der Waals surface area (Å²) in [4.78, 5) is 27.5. The van der Waals surface area contributed by atoms with Gasteiger partial charge >= 0.3 is 5.97 Å². The number of para-hydroxylation sites is 1. The number of aryl methyl sites for hydroxylation is 1. The molecule has 104 valence electrons. The molecule has 2 rings (SSSR count). The molecule has 0 radical (unpaired) electrons. The van der Waals surface area contributed by atoms with Crippen molar-refractivity contribution < 1.29 is 14.7 Å². The number of amides is 1. The number of pyridine rings is 1. The third kappa shape index (κ3) is 2.77. The highest BCUT2D eigenvalue weighted by Gasteiger charge is 2.20. The Balaban J connectivity index is 2.34. The molecule has 0 spiro atoms. The van der Waals surface area contributed by atoms with Gasteiger partial charge in [-0.15, -0.1) is 0 Å². The lowest BCUT2D eigenvalue weighted by Gasteiger charge is -2.13. The minimum absolute atomic E-state index is 0.334. The van der Waals surface area contributed by atoms with Crippen molar-refractivity contribution in [3.8, 4) is 0 Å². The molecule has 0 aliphatic rings. The molecule has 2 aromatic rings. The summed E-state index contributed by atoms with van der Waals surface area (Å²) in [5.41, 5.74) is 1.80. The van der Waals surface area contributed by atoms with Crippen molar-refractivity contribution in [3.63, 3.8) is 0 Å². The number of nitrogens with zero attached hydrogens (tertiary/aromatic N) is 1. The van der Waals surface area contributed by atoms with Gasteiger partial charge in [-0.2, -0.15) is 0 Å². The third-order valence-electron chi connectivity index (χ3n) is 3.17. The zero-order valence-electron chi connectivity index (χ0n) is 11.4. The maximum Gasteiger partial charge on any atom is 0.326 e. The van der Waals surface area contributed by atoms with Gasteiger partial charge in [0.25, 0.3) is 5.91 Å². The molecule has 1 amide bonds. The molecule has 1 atom stereocenters. The predicted octanol–water partition coefficient (Wildman–Crippen LogP) is 2.14. The second-order valence-corrected chi connectivity index (χ2v) is 4.59. The van der Waals surface area contributed by atoms with Gasteiger partial charge < -0.3 is 10.4 Å². The van der Waals surface area contributed by atoms with Gasteiger partial charge in [-0.25, -0.2) is 4.79 Å². The number of benzene rings is 1. The van der Waals surface area contributed by atoms with E-state index in [0.717, 1.165) is 10.9 Å². The van der Waals surface area contributed by atoms with Crippen LogP contribution in [-0.2, 0) is 4.79 Å². The van der Waals surface area contributed by atoms with Crippen LogP contribution in [-0.4, -0.2) is 28.0 Å². The zero-order chi connectivity index (χ0) is 14.7. The van der Waals surface area contributed by atoms with E-state index in [9.17, 15) is 9.59 Å². The van der Waals surface area contributed by atoms with Gasteiger partial charge in [0.05, 0.1) is 16.8 Å². The second-order valence-electron chi connectivity index (χ2n) is 4.59. The number of hydrogen-bond acceptors (Lipinski definition) is 3. The Morgan fingerprint density at radius 3 is 2.70 bits per heavy atom. The van der Waals surface area contributed by atoms with Gasteiger partial charge in [-0.1, -0.05) is 25.1 Å². The van der Waals surface area contributed by atoms with Crippen molar-refractivity contribution >= 4 is 22.8 Å². The summed E-state index contributed by atoms with van der Waals surface area (Å²) >= 11 is 0. The summed E-state index contributed by atoms with van der Waals surface area (Å²) in [7, 11) is 0. The normalized spacial score (nSPS) is 12.1. The summed E-state index contributed by atoms with van der Waals surface area (Å²) in [6.45, 7) is 3.45. The molecule has 20 heavy (non-hydrogen) atoms. The molecule has 1 heterocycles. The summed E-state index contributed by atoms with van der Waals surface area (Å²) in [5.74, 6) is -1.44. The molecule has 1 aromatic heterocycles. The molecule has 0 aliphatic carbocycles. The number of carbonyl (C=O) groups is 2. The average molecular weight is 272 g/mol. The fraction of sp³-hybridized carbons (Fsp3) is 0.267. The summed E-state index contributed by atoms with van der Waals surface area (Å²) in [5, 5.41) is 12.3. The Morgan fingerprint density at radius 2 is 2.05 bits per heavy atom. The smallest absolute Gasteiger partial charge is 0.326 e. The molecule has 0 saturated carbocycles. The van der Waals surface area contributed by atoms with Crippen LogP contribution < -0.4 is 5.32 Å². The van der Waals surface area contributed by atoms with Crippen LogP contribution in [0.5, 0.6) is 0 Å². The van der Waals surface area contributed by atoms with E-state index in [2.05, 4.69) is 10.3 Å². The van der Waals surface area contributed by atoms with Crippen molar-refractivity contribution in [3.05, 3.63) is 41.6 Å². The molecule has 5 heteroatoms. The van der Waals surface area contributed by atoms with E-state index in [4.69, 9.17) is 5.11 Å². The number of rotatable bonds is 4. The van der Waals surface area contributed by atoms with Crippen LogP contribution in [0.2, 0.25) is 0 Å². The Hall–Kier alpha value is -2.43. The van der Waals surface area contributed by atoms with E-state index in [1.54, 1.807) is 19.9 Å². The number of aliphatic carboxylic acids is 1. The number of fused-ring (bicyclic) bond motifs is 1. The maximum absolute atomic E-state index is 12.2. The summed E-state index contributed by atoms with van der Waals surface area (Å²) < 4.78 is 0. The number of nitrogens with one attached hydrogen (secondary N) is 1. The lowest BCUT2D eigenvalue weighted by Crippen LogP contribution is -2.40. The Labute approximate surface area is 116 Å². The first-order valence-corrected chi connectivity index (χ1v) is 6.43. The topological polar surface area (TPSA) is 79.3 Å². The van der Waals surface area contributed by atoms with Gasteiger partial charge in [0, 0.05) is 5.39 Å². The minimum atomic E-state index is -1.03. The summed E-state index contributed by atoms with van der Waals surface area (Å²) in [6, 6.07) is 8.34. The molecule has 1 aromatic carbocycles. The highest BCUT2D eigenvalue weighted by Crippen LogP contribution is 2.16. The number of carboxylic acid groups (broad SMARTS) is 1. The first kappa shape index (κ1) is 14.0. The molecular weight excluding hydrogens is 256 g/mol. The van der Waals surface area contributed by atoms with Crippen molar-refractivity contribution in [2.24, 2.45) is 0 Å². The Kier molecular flexibility index (Phi) is 3.98. The molecule has 0 fully saturated rings. The van der Waals surface area contributed by atoms with Crippen LogP contribution in [0.4, 0.5) is 0 Å². The van der Waals surface area contributed by atoms with E-state index in [-0.39, 0.29) is 0 Å². The van der Waals surface area contributed by atoms with Gasteiger partial charge in [-0.05, 0) is 25.5 Å². The molecule has 1 unspecified atom stereocenters. The monoisotopic (exact) mass is 272 g/mol. The van der Waals surface area contributed by atoms with Crippen LogP contribution in [0.1, 0.15) is 29.4 Å². The third-order valence-corrected chi connectivity index (χ3v) is 3.17. The Morgan fingerprint density at radius 1 is 1.35 bits per heavy atom. The van der Waals surface area contributed by atoms with Crippen molar-refractivity contribution in [1.82, 2.24) is 10.3 Å². The summed E-state index contributed by atoms with van der Waals surface area (Å²) in [6.07, 6.45) is 0.334. The largest absolute Gasteiger partial charge is 0.480 e. The number of carbonyl (C=O) groups excluding carboxylic acids is 1. The van der Waals surface area contributed by atoms with Crippen molar-refractivity contribution in [2.45, 2.75) is 26.3 Å². The molecular formula is C15H16N2O3. The number of hydrogen-bond donors (Lipinski definition) is 2. The van der Waals surface area contributed by atoms with Gasteiger partial charge in [-0.3, -0.25) is 9.78 Å². The molecule has 0 bridgehead atoms. The highest BCUT2D eigenvalue weighted by atomic mass is 16.4. The lowest BCUT2D eigenvalue weighted by atomic mass is 10.1. The number of carboxylic acids is 1. The van der Waals surface area contributed by atoms with Crippen molar-refractivity contribution in [1.29, 1.82) is 0 Å². The zero-order valence-corrected chi connectivity index (χ0v) is 11.4. The van der Waals surface area contributed by atoms with Crippen LogP contribution in [0.25, 0.3) is 10.9 Å². The molecule has 5 nitrogen and oxygen atoms in total. The predicted molar refractivity (Wildman–Crippen MR) is 75.7 cm³/mol. The van der Waals surface area contributed by atoms with E-state index in [1.807, 2.05) is 24.3 Å². The van der Waals surface area contributed by atoms with Gasteiger partial charge in [0.1, 0.15) is 6.04 Å². The fourth-order valence-electron chi connectivity index (χ4n) is 2.02. The van der Waals surface area contributed by atoms with Gasteiger partial charge in [0.15, 0.2) is 0 Å². The number of aromatic nitrogens is 1. The first-order chi connectivity index (χ1) is 9.52. The van der Waals surface area contributed by atoms with E-state index < -0.39 is 17.9 Å². The van der Waals surface area contributed by atoms with E-state index in [0.29, 0.717) is 17.7 Å². The molecule has 0 saturated heterocycles.